The van der Waals surface area contributed by atoms with Gasteiger partial charge in [-0.2, -0.15) is 0 Å². The lowest BCUT2D eigenvalue weighted by atomic mass is 9.94. The molecule has 0 aromatic rings. The first-order valence-electron chi connectivity index (χ1n) is 6.04. The number of nitrogens with two attached hydrogens (primary N) is 1. The third-order valence-electron chi connectivity index (χ3n) is 4.58. The lowest BCUT2D eigenvalue weighted by Gasteiger charge is -2.22. The molecule has 0 spiro atoms. The molecule has 0 aromatic heterocycles. The van der Waals surface area contributed by atoms with E-state index in [9.17, 15) is 4.79 Å². The fourth-order valence-electron chi connectivity index (χ4n) is 2.35. The molecule has 0 unspecified atom stereocenters. The summed E-state index contributed by atoms with van der Waals surface area (Å²) in [5, 5.41) is 3.03. The van der Waals surface area contributed by atoms with Crippen molar-refractivity contribution in [2.75, 3.05) is 13.1 Å². The summed E-state index contributed by atoms with van der Waals surface area (Å²) in [6, 6.07) is 0. The molecule has 1 saturated carbocycles. The molecule has 0 aliphatic heterocycles. The average Bonchev–Trinajstić information content (AvgIpc) is 2.54. The number of nitrogens with one attached hydrogen (secondary N) is 1. The molecule has 0 heterocycles. The number of amides is 1. The van der Waals surface area contributed by atoms with Gasteiger partial charge >= 0.3 is 0 Å². The van der Waals surface area contributed by atoms with Gasteiger partial charge in [-0.3, -0.25) is 4.79 Å². The SMILES string of the molecule is CC(C)(CN)CNC(=O)C1C(C)(C)C1(C)C. The Balaban J connectivity index is 2.51. The predicted octanol–water partition coefficient (Wildman–Crippen LogP) is 1.77. The highest BCUT2D eigenvalue weighted by atomic mass is 16.2. The molecule has 0 aromatic carbocycles. The first-order chi connectivity index (χ1) is 7.06. The van der Waals surface area contributed by atoms with Crippen molar-refractivity contribution in [3.63, 3.8) is 0 Å². The van der Waals surface area contributed by atoms with Crippen molar-refractivity contribution in [1.82, 2.24) is 5.32 Å². The highest BCUT2D eigenvalue weighted by Gasteiger charge is 2.68. The van der Waals surface area contributed by atoms with Gasteiger partial charge in [0.2, 0.25) is 5.91 Å². The zero-order chi connectivity index (χ0) is 12.8. The van der Waals surface area contributed by atoms with Crippen LogP contribution in [0, 0.1) is 22.2 Å². The van der Waals surface area contributed by atoms with Gasteiger partial charge in [0.15, 0.2) is 0 Å². The first kappa shape index (κ1) is 13.5. The second-order valence-corrected chi connectivity index (χ2v) is 6.96. The molecule has 0 saturated heterocycles. The molecule has 94 valence electrons. The summed E-state index contributed by atoms with van der Waals surface area (Å²) in [6.45, 7) is 14.0. The number of hydrogen-bond donors (Lipinski definition) is 2. The molecule has 1 rings (SSSR count). The molecule has 3 heteroatoms. The normalized spacial score (nSPS) is 22.9. The molecule has 0 atom stereocenters. The van der Waals surface area contributed by atoms with Gasteiger partial charge in [-0.25, -0.2) is 0 Å². The molecule has 1 aliphatic rings. The van der Waals surface area contributed by atoms with Crippen molar-refractivity contribution in [3.8, 4) is 0 Å². The summed E-state index contributed by atoms with van der Waals surface area (Å²) in [6.07, 6.45) is 0. The average molecular weight is 226 g/mol. The van der Waals surface area contributed by atoms with Crippen LogP contribution < -0.4 is 11.1 Å². The molecule has 0 bridgehead atoms. The summed E-state index contributed by atoms with van der Waals surface area (Å²) in [5.74, 6) is 0.310. The van der Waals surface area contributed by atoms with Crippen LogP contribution in [0.2, 0.25) is 0 Å². The number of hydrogen-bond acceptors (Lipinski definition) is 2. The van der Waals surface area contributed by atoms with Crippen LogP contribution in [0.3, 0.4) is 0 Å². The van der Waals surface area contributed by atoms with E-state index < -0.39 is 0 Å². The van der Waals surface area contributed by atoms with Gasteiger partial charge in [0.25, 0.3) is 0 Å². The maximum atomic E-state index is 12.0. The van der Waals surface area contributed by atoms with Gasteiger partial charge in [-0.15, -0.1) is 0 Å². The Morgan fingerprint density at radius 3 is 2.00 bits per heavy atom. The molecule has 0 radical (unpaired) electrons. The molecule has 3 nitrogen and oxygen atoms in total. The number of carbonyl (C=O) groups excluding carboxylic acids is 1. The lowest BCUT2D eigenvalue weighted by Crippen LogP contribution is -2.39. The second-order valence-electron chi connectivity index (χ2n) is 6.96. The Hall–Kier alpha value is -0.570. The quantitative estimate of drug-likeness (QED) is 0.767. The molecule has 1 aliphatic carbocycles. The van der Waals surface area contributed by atoms with E-state index in [0.29, 0.717) is 13.1 Å². The maximum Gasteiger partial charge on any atom is 0.224 e. The van der Waals surface area contributed by atoms with Gasteiger partial charge in [-0.1, -0.05) is 41.5 Å². The molecule has 1 amide bonds. The van der Waals surface area contributed by atoms with E-state index in [-0.39, 0.29) is 28.1 Å². The van der Waals surface area contributed by atoms with Crippen molar-refractivity contribution >= 4 is 5.91 Å². The van der Waals surface area contributed by atoms with Crippen molar-refractivity contribution in [2.45, 2.75) is 41.5 Å². The minimum absolute atomic E-state index is 0.0150. The Morgan fingerprint density at radius 1 is 1.25 bits per heavy atom. The van der Waals surface area contributed by atoms with Crippen LogP contribution in [-0.4, -0.2) is 19.0 Å². The van der Waals surface area contributed by atoms with E-state index in [4.69, 9.17) is 5.73 Å². The second kappa shape index (κ2) is 3.73. The highest BCUT2D eigenvalue weighted by molar-refractivity contribution is 5.84. The standard InChI is InChI=1S/C13H26N2O/c1-11(2,7-14)8-15-10(16)9-12(3,4)13(9,5)6/h9H,7-8,14H2,1-6H3,(H,15,16). The van der Waals surface area contributed by atoms with E-state index in [0.717, 1.165) is 0 Å². The monoisotopic (exact) mass is 226 g/mol. The van der Waals surface area contributed by atoms with Gasteiger partial charge in [0.05, 0.1) is 0 Å². The summed E-state index contributed by atoms with van der Waals surface area (Å²) in [4.78, 5) is 12.0. The van der Waals surface area contributed by atoms with E-state index in [1.807, 2.05) is 0 Å². The van der Waals surface area contributed by atoms with E-state index in [1.165, 1.54) is 0 Å². The maximum absolute atomic E-state index is 12.0. The smallest absolute Gasteiger partial charge is 0.224 e. The highest BCUT2D eigenvalue weighted by Crippen LogP contribution is 2.68. The zero-order valence-corrected chi connectivity index (χ0v) is 11.5. The molecular formula is C13H26N2O. The van der Waals surface area contributed by atoms with Crippen LogP contribution in [0.15, 0.2) is 0 Å². The lowest BCUT2D eigenvalue weighted by molar-refractivity contribution is -0.123. The zero-order valence-electron chi connectivity index (χ0n) is 11.5. The molecule has 16 heavy (non-hydrogen) atoms. The molecular weight excluding hydrogens is 200 g/mol. The van der Waals surface area contributed by atoms with Gasteiger partial charge in [0.1, 0.15) is 0 Å². The van der Waals surface area contributed by atoms with E-state index in [1.54, 1.807) is 0 Å². The minimum Gasteiger partial charge on any atom is -0.355 e. The molecule has 1 fully saturated rings. The van der Waals surface area contributed by atoms with Gasteiger partial charge in [-0.05, 0) is 22.8 Å². The number of rotatable bonds is 4. The van der Waals surface area contributed by atoms with E-state index >= 15 is 0 Å². The van der Waals surface area contributed by atoms with Crippen LogP contribution in [-0.2, 0) is 4.79 Å². The van der Waals surface area contributed by atoms with Crippen molar-refractivity contribution in [2.24, 2.45) is 27.9 Å². The van der Waals surface area contributed by atoms with Crippen molar-refractivity contribution in [3.05, 3.63) is 0 Å². The largest absolute Gasteiger partial charge is 0.355 e. The van der Waals surface area contributed by atoms with E-state index in [2.05, 4.69) is 46.9 Å². The first-order valence-corrected chi connectivity index (χ1v) is 6.04. The topological polar surface area (TPSA) is 55.1 Å². The number of carbonyl (C=O) groups is 1. The Morgan fingerprint density at radius 2 is 1.69 bits per heavy atom. The summed E-state index contributed by atoms with van der Waals surface area (Å²) < 4.78 is 0. The van der Waals surface area contributed by atoms with Crippen LogP contribution in [0.5, 0.6) is 0 Å². The Bertz CT molecular complexity index is 278. The fourth-order valence-corrected chi connectivity index (χ4v) is 2.35. The van der Waals surface area contributed by atoms with Crippen LogP contribution in [0.25, 0.3) is 0 Å². The summed E-state index contributed by atoms with van der Waals surface area (Å²) in [7, 11) is 0. The van der Waals surface area contributed by atoms with Crippen LogP contribution in [0.1, 0.15) is 41.5 Å². The third-order valence-corrected chi connectivity index (χ3v) is 4.58. The molecule has 3 N–H and O–H groups in total. The fraction of sp³-hybridized carbons (Fsp3) is 0.923. The van der Waals surface area contributed by atoms with Crippen molar-refractivity contribution < 1.29 is 4.79 Å². The van der Waals surface area contributed by atoms with Gasteiger partial charge < -0.3 is 11.1 Å². The Labute approximate surface area is 99.2 Å². The van der Waals surface area contributed by atoms with Gasteiger partial charge in [0, 0.05) is 12.5 Å². The summed E-state index contributed by atoms with van der Waals surface area (Å²) >= 11 is 0. The van der Waals surface area contributed by atoms with Crippen molar-refractivity contribution in [1.29, 1.82) is 0 Å². The van der Waals surface area contributed by atoms with Crippen LogP contribution >= 0.6 is 0 Å². The minimum atomic E-state index is -0.0150. The Kier molecular flexibility index (Phi) is 3.14. The van der Waals surface area contributed by atoms with Crippen LogP contribution in [0.4, 0.5) is 0 Å². The summed E-state index contributed by atoms with van der Waals surface area (Å²) in [5.41, 5.74) is 5.85. The predicted molar refractivity (Wildman–Crippen MR) is 66.9 cm³/mol. The third kappa shape index (κ3) is 2.10.